The van der Waals surface area contributed by atoms with Gasteiger partial charge in [-0.05, 0) is 39.9 Å². The van der Waals surface area contributed by atoms with Crippen LogP contribution in [0.4, 0.5) is 4.39 Å². The molecular formula is C10H12BrFOS. The maximum atomic E-state index is 13.5. The highest BCUT2D eigenvalue weighted by Crippen LogP contribution is 2.31. The SMILES string of the molecule is CSc1c(F)cc(C(C)CO)cc1Br. The molecule has 78 valence electrons. The average Bonchev–Trinajstić information content (AvgIpc) is 2.16. The van der Waals surface area contributed by atoms with Gasteiger partial charge >= 0.3 is 0 Å². The van der Waals surface area contributed by atoms with Gasteiger partial charge in [-0.15, -0.1) is 11.8 Å². The maximum absolute atomic E-state index is 13.5. The Morgan fingerprint density at radius 1 is 1.57 bits per heavy atom. The number of benzene rings is 1. The predicted octanol–water partition coefficient (Wildman–Crippen LogP) is 3.41. The summed E-state index contributed by atoms with van der Waals surface area (Å²) in [5.41, 5.74) is 0.815. The molecule has 1 unspecified atom stereocenters. The molecule has 14 heavy (non-hydrogen) atoms. The van der Waals surface area contributed by atoms with E-state index in [2.05, 4.69) is 15.9 Å². The van der Waals surface area contributed by atoms with Crippen LogP contribution in [0.2, 0.25) is 0 Å². The Hall–Kier alpha value is -0.0600. The molecule has 0 saturated heterocycles. The summed E-state index contributed by atoms with van der Waals surface area (Å²) in [6.07, 6.45) is 1.83. The van der Waals surface area contributed by atoms with Crippen molar-refractivity contribution in [1.82, 2.24) is 0 Å². The lowest BCUT2D eigenvalue weighted by Crippen LogP contribution is -2.00. The Kier molecular flexibility index (Phi) is 4.41. The van der Waals surface area contributed by atoms with Crippen LogP contribution in [0.1, 0.15) is 18.4 Å². The number of rotatable bonds is 3. The number of thioether (sulfide) groups is 1. The van der Waals surface area contributed by atoms with Crippen LogP contribution in [0.5, 0.6) is 0 Å². The second-order valence-corrected chi connectivity index (χ2v) is 4.77. The molecule has 0 heterocycles. The molecule has 0 aliphatic heterocycles. The Morgan fingerprint density at radius 2 is 2.21 bits per heavy atom. The molecule has 0 fully saturated rings. The minimum absolute atomic E-state index is 0.0308. The van der Waals surface area contributed by atoms with Crippen LogP contribution in [-0.2, 0) is 0 Å². The number of aliphatic hydroxyl groups is 1. The minimum atomic E-state index is -0.234. The molecule has 1 N–H and O–H groups in total. The van der Waals surface area contributed by atoms with Gasteiger partial charge in [0, 0.05) is 17.0 Å². The highest BCUT2D eigenvalue weighted by atomic mass is 79.9. The molecule has 0 amide bonds. The van der Waals surface area contributed by atoms with Crippen LogP contribution in [0.3, 0.4) is 0 Å². The zero-order valence-corrected chi connectivity index (χ0v) is 10.5. The summed E-state index contributed by atoms with van der Waals surface area (Å²) >= 11 is 4.68. The molecule has 1 rings (SSSR count). The van der Waals surface area contributed by atoms with Crippen molar-refractivity contribution in [3.8, 4) is 0 Å². The Balaban J connectivity index is 3.13. The van der Waals surface area contributed by atoms with Crippen LogP contribution >= 0.6 is 27.7 Å². The fourth-order valence-electron chi connectivity index (χ4n) is 1.16. The Labute approximate surface area is 95.8 Å². The third kappa shape index (κ3) is 2.49. The van der Waals surface area contributed by atoms with Crippen molar-refractivity contribution >= 4 is 27.7 Å². The second kappa shape index (κ2) is 5.14. The largest absolute Gasteiger partial charge is 0.396 e. The summed E-state index contributed by atoms with van der Waals surface area (Å²) in [6.45, 7) is 1.89. The zero-order chi connectivity index (χ0) is 10.7. The standard InChI is InChI=1S/C10H12BrFOS/c1-6(5-13)7-3-8(11)10(14-2)9(12)4-7/h3-4,6,13H,5H2,1-2H3. The first-order valence-electron chi connectivity index (χ1n) is 4.24. The van der Waals surface area contributed by atoms with Crippen LogP contribution < -0.4 is 0 Å². The van der Waals surface area contributed by atoms with Gasteiger partial charge in [0.15, 0.2) is 0 Å². The Morgan fingerprint density at radius 3 is 2.64 bits per heavy atom. The van der Waals surface area contributed by atoms with Crippen molar-refractivity contribution < 1.29 is 9.50 Å². The Bertz CT molecular complexity index is 307. The van der Waals surface area contributed by atoms with Gasteiger partial charge in [0.1, 0.15) is 5.82 Å². The van der Waals surface area contributed by atoms with Gasteiger partial charge in [-0.25, -0.2) is 4.39 Å². The molecule has 0 aliphatic carbocycles. The third-order valence-corrected chi connectivity index (χ3v) is 3.78. The monoisotopic (exact) mass is 278 g/mol. The van der Waals surface area contributed by atoms with Gasteiger partial charge in [0.05, 0.1) is 4.90 Å². The van der Waals surface area contributed by atoms with Crippen molar-refractivity contribution in [3.63, 3.8) is 0 Å². The van der Waals surface area contributed by atoms with Crippen molar-refractivity contribution in [2.24, 2.45) is 0 Å². The molecular weight excluding hydrogens is 267 g/mol. The van der Waals surface area contributed by atoms with Gasteiger partial charge in [-0.1, -0.05) is 6.92 Å². The molecule has 0 saturated carbocycles. The molecule has 4 heteroatoms. The second-order valence-electron chi connectivity index (χ2n) is 3.10. The van der Waals surface area contributed by atoms with Crippen LogP contribution in [0, 0.1) is 5.82 Å². The zero-order valence-electron chi connectivity index (χ0n) is 8.05. The average molecular weight is 279 g/mol. The fraction of sp³-hybridized carbons (Fsp3) is 0.400. The molecule has 0 bridgehead atoms. The highest BCUT2D eigenvalue weighted by Gasteiger charge is 2.11. The molecule has 0 aliphatic rings. The number of hydrogen-bond donors (Lipinski definition) is 1. The van der Waals surface area contributed by atoms with E-state index in [1.165, 1.54) is 17.8 Å². The summed E-state index contributed by atoms with van der Waals surface area (Å²) in [5, 5.41) is 8.95. The maximum Gasteiger partial charge on any atom is 0.138 e. The van der Waals surface area contributed by atoms with Gasteiger partial charge in [-0.3, -0.25) is 0 Å². The molecule has 0 spiro atoms. The van der Waals surface area contributed by atoms with E-state index in [0.717, 1.165) is 10.0 Å². The number of hydrogen-bond acceptors (Lipinski definition) is 2. The van der Waals surface area contributed by atoms with E-state index < -0.39 is 0 Å². The van der Waals surface area contributed by atoms with E-state index in [4.69, 9.17) is 5.11 Å². The summed E-state index contributed by atoms with van der Waals surface area (Å²) < 4.78 is 14.2. The van der Waals surface area contributed by atoms with E-state index >= 15 is 0 Å². The lowest BCUT2D eigenvalue weighted by Gasteiger charge is -2.11. The topological polar surface area (TPSA) is 20.2 Å². The summed E-state index contributed by atoms with van der Waals surface area (Å²) in [5.74, 6) is -0.265. The minimum Gasteiger partial charge on any atom is -0.396 e. The molecule has 0 radical (unpaired) electrons. The van der Waals surface area contributed by atoms with E-state index in [1.807, 2.05) is 19.2 Å². The van der Waals surface area contributed by atoms with Crippen LogP contribution in [0.25, 0.3) is 0 Å². The van der Waals surface area contributed by atoms with E-state index in [1.54, 1.807) is 0 Å². The summed E-state index contributed by atoms with van der Waals surface area (Å²) in [6, 6.07) is 3.34. The van der Waals surface area contributed by atoms with E-state index in [-0.39, 0.29) is 18.3 Å². The van der Waals surface area contributed by atoms with Crippen molar-refractivity contribution in [2.45, 2.75) is 17.7 Å². The first-order chi connectivity index (χ1) is 6.60. The smallest absolute Gasteiger partial charge is 0.138 e. The highest BCUT2D eigenvalue weighted by molar-refractivity contribution is 9.10. The number of halogens is 2. The normalized spacial score (nSPS) is 12.9. The van der Waals surface area contributed by atoms with Gasteiger partial charge in [0.25, 0.3) is 0 Å². The van der Waals surface area contributed by atoms with Crippen LogP contribution in [-0.4, -0.2) is 18.0 Å². The van der Waals surface area contributed by atoms with Crippen LogP contribution in [0.15, 0.2) is 21.5 Å². The lowest BCUT2D eigenvalue weighted by molar-refractivity contribution is 0.272. The van der Waals surface area contributed by atoms with E-state index in [9.17, 15) is 4.39 Å². The molecule has 1 aromatic rings. The van der Waals surface area contributed by atoms with Crippen molar-refractivity contribution in [3.05, 3.63) is 28.0 Å². The summed E-state index contributed by atoms with van der Waals surface area (Å²) in [7, 11) is 0. The molecule has 1 aromatic carbocycles. The first kappa shape index (κ1) is 12.0. The third-order valence-electron chi connectivity index (χ3n) is 2.07. The van der Waals surface area contributed by atoms with Gasteiger partial charge in [0.2, 0.25) is 0 Å². The fourth-order valence-corrected chi connectivity index (χ4v) is 2.61. The number of aliphatic hydroxyl groups excluding tert-OH is 1. The van der Waals surface area contributed by atoms with E-state index in [0.29, 0.717) is 4.90 Å². The molecule has 0 aromatic heterocycles. The predicted molar refractivity (Wildman–Crippen MR) is 61.4 cm³/mol. The molecule has 1 nitrogen and oxygen atoms in total. The molecule has 1 atom stereocenters. The quantitative estimate of drug-likeness (QED) is 0.856. The van der Waals surface area contributed by atoms with Crippen molar-refractivity contribution in [2.75, 3.05) is 12.9 Å². The lowest BCUT2D eigenvalue weighted by atomic mass is 10.0. The van der Waals surface area contributed by atoms with Gasteiger partial charge < -0.3 is 5.11 Å². The summed E-state index contributed by atoms with van der Waals surface area (Å²) in [4.78, 5) is 0.610. The van der Waals surface area contributed by atoms with Gasteiger partial charge in [-0.2, -0.15) is 0 Å². The van der Waals surface area contributed by atoms with Crippen molar-refractivity contribution in [1.29, 1.82) is 0 Å². The first-order valence-corrected chi connectivity index (χ1v) is 6.25.